The highest BCUT2D eigenvalue weighted by Gasteiger charge is 2.06. The zero-order valence-electron chi connectivity index (χ0n) is 15.9. The van der Waals surface area contributed by atoms with Crippen molar-refractivity contribution >= 4 is 0 Å². The van der Waals surface area contributed by atoms with E-state index in [1.807, 2.05) is 0 Å². The molecule has 0 rings (SSSR count). The number of nitrogens with two attached hydrogens (primary N) is 1. The molecule has 2 heteroatoms. The van der Waals surface area contributed by atoms with Gasteiger partial charge in [0.05, 0.1) is 6.61 Å². The molecule has 0 aliphatic carbocycles. The van der Waals surface area contributed by atoms with Crippen LogP contribution < -0.4 is 5.73 Å². The topological polar surface area (TPSA) is 46.2 Å². The Hall–Kier alpha value is -0.340. The third kappa shape index (κ3) is 16.3. The molecule has 0 radical (unpaired) electrons. The van der Waals surface area contributed by atoms with Crippen molar-refractivity contribution in [1.29, 1.82) is 0 Å². The van der Waals surface area contributed by atoms with Gasteiger partial charge in [-0.2, -0.15) is 0 Å². The van der Waals surface area contributed by atoms with E-state index in [1.54, 1.807) is 0 Å². The van der Waals surface area contributed by atoms with Gasteiger partial charge in [0.2, 0.25) is 0 Å². The zero-order chi connectivity index (χ0) is 17.2. The van der Waals surface area contributed by atoms with Gasteiger partial charge < -0.3 is 10.8 Å². The number of rotatable bonds is 17. The Labute approximate surface area is 145 Å². The standard InChI is InChI=1S/C21H43NO/c1-3-4-5-6-7-8-9-10-11-12-13-14-15-16-17-18-20(2)21(22)19-23/h17-18,20-21,23H,3-16,19,22H2,1-2H3/b18-17+/t20-,21+/m0/s1. The fourth-order valence-electron chi connectivity index (χ4n) is 2.90. The molecule has 0 aromatic heterocycles. The normalized spacial score (nSPS) is 14.4. The molecule has 0 aromatic carbocycles. The average Bonchev–Trinajstić information content (AvgIpc) is 2.57. The van der Waals surface area contributed by atoms with Crippen LogP contribution in [-0.2, 0) is 0 Å². The Morgan fingerprint density at radius 2 is 1.22 bits per heavy atom. The Balaban J connectivity index is 3.17. The fourth-order valence-corrected chi connectivity index (χ4v) is 2.90. The van der Waals surface area contributed by atoms with E-state index in [9.17, 15) is 0 Å². The summed E-state index contributed by atoms with van der Waals surface area (Å²) in [6.07, 6.45) is 23.8. The van der Waals surface area contributed by atoms with Crippen molar-refractivity contribution < 1.29 is 5.11 Å². The number of aliphatic hydroxyl groups is 1. The molecule has 2 nitrogen and oxygen atoms in total. The lowest BCUT2D eigenvalue weighted by Crippen LogP contribution is -2.30. The van der Waals surface area contributed by atoms with Gasteiger partial charge in [-0.15, -0.1) is 0 Å². The molecule has 3 N–H and O–H groups in total. The van der Waals surface area contributed by atoms with Crippen molar-refractivity contribution in [3.05, 3.63) is 12.2 Å². The predicted molar refractivity (Wildman–Crippen MR) is 104 cm³/mol. The van der Waals surface area contributed by atoms with E-state index in [2.05, 4.69) is 26.0 Å². The zero-order valence-corrected chi connectivity index (χ0v) is 15.9. The first-order valence-electron chi connectivity index (χ1n) is 10.3. The second kappa shape index (κ2) is 18.0. The van der Waals surface area contributed by atoms with Crippen LogP contribution >= 0.6 is 0 Å². The maximum absolute atomic E-state index is 8.97. The van der Waals surface area contributed by atoms with Crippen molar-refractivity contribution in [2.75, 3.05) is 6.61 Å². The van der Waals surface area contributed by atoms with E-state index < -0.39 is 0 Å². The number of hydrogen-bond acceptors (Lipinski definition) is 2. The molecule has 138 valence electrons. The predicted octanol–water partition coefficient (Wildman–Crippen LogP) is 5.98. The van der Waals surface area contributed by atoms with Crippen LogP contribution in [0.25, 0.3) is 0 Å². The van der Waals surface area contributed by atoms with Gasteiger partial charge in [0.15, 0.2) is 0 Å². The maximum Gasteiger partial charge on any atom is 0.0588 e. The van der Waals surface area contributed by atoms with E-state index in [-0.39, 0.29) is 18.6 Å². The Bertz CT molecular complexity index is 252. The van der Waals surface area contributed by atoms with Crippen LogP contribution in [0.4, 0.5) is 0 Å². The molecule has 0 aromatic rings. The van der Waals surface area contributed by atoms with Gasteiger partial charge in [-0.1, -0.05) is 103 Å². The SMILES string of the molecule is CCCCCCCCCCCCCCC/C=C/[C@H](C)[C@H](N)CO. The Kier molecular flexibility index (Phi) is 17.7. The summed E-state index contributed by atoms with van der Waals surface area (Å²) in [5, 5.41) is 8.97. The van der Waals surface area contributed by atoms with Crippen molar-refractivity contribution in [3.63, 3.8) is 0 Å². The summed E-state index contributed by atoms with van der Waals surface area (Å²) in [6, 6.07) is -0.113. The minimum absolute atomic E-state index is 0.0737. The molecule has 23 heavy (non-hydrogen) atoms. The maximum atomic E-state index is 8.97. The van der Waals surface area contributed by atoms with Crippen molar-refractivity contribution in [2.45, 2.75) is 110 Å². The van der Waals surface area contributed by atoms with Crippen LogP contribution in [0, 0.1) is 5.92 Å². The van der Waals surface area contributed by atoms with Crippen LogP contribution in [0.1, 0.15) is 104 Å². The quantitative estimate of drug-likeness (QED) is 0.255. The highest BCUT2D eigenvalue weighted by Crippen LogP contribution is 2.13. The molecule has 0 spiro atoms. The third-order valence-electron chi connectivity index (χ3n) is 4.80. The number of hydrogen-bond donors (Lipinski definition) is 2. The molecule has 0 aliphatic heterocycles. The Morgan fingerprint density at radius 1 is 0.783 bits per heavy atom. The second-order valence-corrected chi connectivity index (χ2v) is 7.17. The van der Waals surface area contributed by atoms with Crippen LogP contribution in [0.15, 0.2) is 12.2 Å². The molecule has 0 bridgehead atoms. The summed E-state index contributed by atoms with van der Waals surface area (Å²) in [5.41, 5.74) is 5.78. The molecular formula is C21H43NO. The van der Waals surface area contributed by atoms with Crippen LogP contribution in [-0.4, -0.2) is 17.8 Å². The largest absolute Gasteiger partial charge is 0.395 e. The lowest BCUT2D eigenvalue weighted by atomic mass is 10.0. The van der Waals surface area contributed by atoms with Crippen LogP contribution in [0.3, 0.4) is 0 Å². The molecule has 0 saturated heterocycles. The number of unbranched alkanes of at least 4 members (excludes halogenated alkanes) is 13. The first kappa shape index (κ1) is 22.7. The first-order valence-corrected chi connectivity index (χ1v) is 10.3. The van der Waals surface area contributed by atoms with Crippen molar-refractivity contribution in [1.82, 2.24) is 0 Å². The minimum Gasteiger partial charge on any atom is -0.395 e. The third-order valence-corrected chi connectivity index (χ3v) is 4.80. The van der Waals surface area contributed by atoms with Crippen LogP contribution in [0.5, 0.6) is 0 Å². The highest BCUT2D eigenvalue weighted by molar-refractivity contribution is 4.90. The van der Waals surface area contributed by atoms with Gasteiger partial charge in [-0.05, 0) is 18.8 Å². The molecule has 0 unspecified atom stereocenters. The van der Waals surface area contributed by atoms with E-state index in [0.29, 0.717) is 0 Å². The lowest BCUT2D eigenvalue weighted by molar-refractivity contribution is 0.246. The van der Waals surface area contributed by atoms with Gasteiger partial charge >= 0.3 is 0 Å². The van der Waals surface area contributed by atoms with Gasteiger partial charge in [-0.3, -0.25) is 0 Å². The van der Waals surface area contributed by atoms with Gasteiger partial charge in [0.1, 0.15) is 0 Å². The first-order chi connectivity index (χ1) is 11.2. The number of aliphatic hydroxyl groups excluding tert-OH is 1. The van der Waals surface area contributed by atoms with Gasteiger partial charge in [0.25, 0.3) is 0 Å². The summed E-state index contributed by atoms with van der Waals surface area (Å²) in [7, 11) is 0. The number of allylic oxidation sites excluding steroid dienone is 1. The highest BCUT2D eigenvalue weighted by atomic mass is 16.3. The van der Waals surface area contributed by atoms with Crippen LogP contribution in [0.2, 0.25) is 0 Å². The summed E-state index contributed by atoms with van der Waals surface area (Å²) in [5.74, 6) is 0.280. The average molecular weight is 326 g/mol. The molecule has 0 fully saturated rings. The molecule has 0 heterocycles. The van der Waals surface area contributed by atoms with Crippen molar-refractivity contribution in [2.24, 2.45) is 11.7 Å². The molecule has 0 saturated carbocycles. The summed E-state index contributed by atoms with van der Waals surface area (Å²) in [6.45, 7) is 4.43. The summed E-state index contributed by atoms with van der Waals surface area (Å²) >= 11 is 0. The van der Waals surface area contributed by atoms with Gasteiger partial charge in [-0.25, -0.2) is 0 Å². The Morgan fingerprint density at radius 3 is 1.65 bits per heavy atom. The van der Waals surface area contributed by atoms with Crippen molar-refractivity contribution in [3.8, 4) is 0 Å². The van der Waals surface area contributed by atoms with E-state index >= 15 is 0 Å². The summed E-state index contributed by atoms with van der Waals surface area (Å²) < 4.78 is 0. The smallest absolute Gasteiger partial charge is 0.0588 e. The van der Waals surface area contributed by atoms with Gasteiger partial charge in [0, 0.05) is 6.04 Å². The fraction of sp³-hybridized carbons (Fsp3) is 0.905. The molecule has 0 aliphatic rings. The minimum atomic E-state index is -0.113. The molecular weight excluding hydrogens is 282 g/mol. The van der Waals surface area contributed by atoms with E-state index in [4.69, 9.17) is 10.8 Å². The van der Waals surface area contributed by atoms with E-state index in [0.717, 1.165) is 6.42 Å². The lowest BCUT2D eigenvalue weighted by Gasteiger charge is -2.12. The van der Waals surface area contributed by atoms with E-state index in [1.165, 1.54) is 83.5 Å². The monoisotopic (exact) mass is 325 g/mol. The second-order valence-electron chi connectivity index (χ2n) is 7.17. The summed E-state index contributed by atoms with van der Waals surface area (Å²) in [4.78, 5) is 0. The molecule has 2 atom stereocenters. The molecule has 0 amide bonds.